The van der Waals surface area contributed by atoms with Crippen LogP contribution in [0.15, 0.2) is 30.5 Å². The highest BCUT2D eigenvalue weighted by molar-refractivity contribution is 5.48. The van der Waals surface area contributed by atoms with Crippen molar-refractivity contribution in [3.63, 3.8) is 0 Å². The molecule has 0 aromatic carbocycles. The van der Waals surface area contributed by atoms with Gasteiger partial charge >= 0.3 is 0 Å². The summed E-state index contributed by atoms with van der Waals surface area (Å²) in [6, 6.07) is 5.44. The molecule has 1 atom stereocenters. The molecule has 0 aliphatic heterocycles. The monoisotopic (exact) mass is 233 g/mol. The number of allylic oxidation sites excluding steroid dienone is 2. The van der Waals surface area contributed by atoms with Gasteiger partial charge in [0.2, 0.25) is 5.82 Å². The minimum absolute atomic E-state index is 0.421. The van der Waals surface area contributed by atoms with Gasteiger partial charge in [-0.1, -0.05) is 6.07 Å². The van der Waals surface area contributed by atoms with E-state index in [9.17, 15) is 4.39 Å². The van der Waals surface area contributed by atoms with Crippen molar-refractivity contribution in [2.45, 2.75) is 20.0 Å². The average molecular weight is 233 g/mol. The summed E-state index contributed by atoms with van der Waals surface area (Å²) >= 11 is 0. The summed E-state index contributed by atoms with van der Waals surface area (Å²) in [6.07, 6.45) is 2.03. The molecule has 6 heteroatoms. The molecule has 0 aliphatic carbocycles. The highest BCUT2D eigenvalue weighted by Gasteiger charge is 2.07. The van der Waals surface area contributed by atoms with Gasteiger partial charge in [0.1, 0.15) is 11.9 Å². The van der Waals surface area contributed by atoms with Crippen LogP contribution in [0.1, 0.15) is 13.8 Å². The highest BCUT2D eigenvalue weighted by atomic mass is 19.1. The van der Waals surface area contributed by atoms with Crippen LogP contribution in [-0.4, -0.2) is 31.4 Å². The molecule has 2 heterocycles. The van der Waals surface area contributed by atoms with Crippen molar-refractivity contribution in [1.29, 1.82) is 0 Å². The smallest absolute Gasteiger partial charge is 0.223 e. The summed E-state index contributed by atoms with van der Waals surface area (Å²) in [4.78, 5) is 5.40. The quantitative estimate of drug-likeness (QED) is 0.813. The van der Waals surface area contributed by atoms with E-state index in [0.717, 1.165) is 0 Å². The number of hydrogen-bond acceptors (Lipinski definition) is 4. The molecule has 0 radical (unpaired) electrons. The Morgan fingerprint density at radius 1 is 1.47 bits per heavy atom. The van der Waals surface area contributed by atoms with Crippen molar-refractivity contribution in [3.8, 4) is 11.5 Å². The summed E-state index contributed by atoms with van der Waals surface area (Å²) in [5, 5.41) is 11.8. The molecule has 0 saturated heterocycles. The molecule has 2 rings (SSSR count). The van der Waals surface area contributed by atoms with Gasteiger partial charge < -0.3 is 0 Å². The normalized spacial score (nSPS) is 13.7. The van der Waals surface area contributed by atoms with E-state index in [1.807, 2.05) is 12.1 Å². The van der Waals surface area contributed by atoms with Crippen molar-refractivity contribution in [1.82, 2.24) is 25.2 Å². The molecule has 1 unspecified atom stereocenters. The third-order valence-corrected chi connectivity index (χ3v) is 2.09. The molecule has 0 N–H and O–H groups in total. The van der Waals surface area contributed by atoms with Crippen LogP contribution in [0.4, 0.5) is 4.39 Å². The van der Waals surface area contributed by atoms with Crippen molar-refractivity contribution in [3.05, 3.63) is 30.5 Å². The van der Waals surface area contributed by atoms with Crippen LogP contribution in [0.25, 0.3) is 17.2 Å². The maximum absolute atomic E-state index is 12.8. The Bertz CT molecular complexity index is 518. The van der Waals surface area contributed by atoms with E-state index in [0.29, 0.717) is 17.2 Å². The zero-order valence-electron chi connectivity index (χ0n) is 9.58. The number of halogens is 1. The molecule has 0 saturated carbocycles. The number of aromatic nitrogens is 5. The Morgan fingerprint density at radius 2 is 2.29 bits per heavy atom. The number of hydrogen-bond donors (Lipinski definition) is 0. The van der Waals surface area contributed by atoms with E-state index in [4.69, 9.17) is 0 Å². The van der Waals surface area contributed by atoms with E-state index in [2.05, 4.69) is 20.4 Å². The van der Waals surface area contributed by atoms with Gasteiger partial charge in [-0.15, -0.1) is 15.0 Å². The Labute approximate surface area is 98.0 Å². The number of rotatable bonds is 3. The van der Waals surface area contributed by atoms with Crippen molar-refractivity contribution >= 4 is 5.70 Å². The molecule has 0 aliphatic rings. The van der Waals surface area contributed by atoms with Crippen LogP contribution in [0.2, 0.25) is 0 Å². The van der Waals surface area contributed by atoms with Crippen LogP contribution in [0.5, 0.6) is 0 Å². The Kier molecular flexibility index (Phi) is 3.22. The third-order valence-electron chi connectivity index (χ3n) is 2.09. The predicted molar refractivity (Wildman–Crippen MR) is 61.6 cm³/mol. The minimum atomic E-state index is -1.04. The molecule has 0 bridgehead atoms. The first-order valence-electron chi connectivity index (χ1n) is 5.21. The summed E-state index contributed by atoms with van der Waals surface area (Å²) < 4.78 is 12.8. The molecule has 2 aromatic heterocycles. The zero-order chi connectivity index (χ0) is 12.3. The first-order chi connectivity index (χ1) is 8.16. The Balaban J connectivity index is 2.28. The number of alkyl halides is 1. The lowest BCUT2D eigenvalue weighted by molar-refractivity contribution is 0.429. The minimum Gasteiger partial charge on any atom is -0.253 e. The first kappa shape index (κ1) is 11.4. The number of pyridine rings is 1. The zero-order valence-corrected chi connectivity index (χ0v) is 9.58. The fourth-order valence-electron chi connectivity index (χ4n) is 1.36. The fraction of sp³-hybridized carbons (Fsp3) is 0.273. The average Bonchev–Trinajstić information content (AvgIpc) is 2.78. The van der Waals surface area contributed by atoms with Crippen molar-refractivity contribution < 1.29 is 4.39 Å². The van der Waals surface area contributed by atoms with E-state index in [1.165, 1.54) is 17.8 Å². The van der Waals surface area contributed by atoms with E-state index in [1.54, 1.807) is 19.2 Å². The molecule has 0 amide bonds. The van der Waals surface area contributed by atoms with Crippen LogP contribution < -0.4 is 0 Å². The predicted octanol–water partition coefficient (Wildman–Crippen LogP) is 1.95. The lowest BCUT2D eigenvalue weighted by Crippen LogP contribution is -2.01. The fourth-order valence-corrected chi connectivity index (χ4v) is 1.36. The van der Waals surface area contributed by atoms with Gasteiger partial charge in [0.15, 0.2) is 0 Å². The molecule has 2 aromatic rings. The van der Waals surface area contributed by atoms with Crippen LogP contribution >= 0.6 is 0 Å². The molecule has 5 nitrogen and oxygen atoms in total. The summed E-state index contributed by atoms with van der Waals surface area (Å²) in [7, 11) is 0. The maximum Gasteiger partial charge on any atom is 0.223 e. The van der Waals surface area contributed by atoms with Gasteiger partial charge in [-0.2, -0.15) is 0 Å². The lowest BCUT2D eigenvalue weighted by Gasteiger charge is -1.98. The van der Waals surface area contributed by atoms with E-state index < -0.39 is 6.17 Å². The maximum atomic E-state index is 12.8. The van der Waals surface area contributed by atoms with E-state index >= 15 is 0 Å². The number of nitrogens with zero attached hydrogens (tertiary/aromatic N) is 5. The van der Waals surface area contributed by atoms with Crippen LogP contribution in [-0.2, 0) is 0 Å². The number of tetrazole rings is 1. The summed E-state index contributed by atoms with van der Waals surface area (Å²) in [5.74, 6) is 0.421. The molecule has 0 spiro atoms. The molecular weight excluding hydrogens is 221 g/mol. The van der Waals surface area contributed by atoms with Gasteiger partial charge in [-0.3, -0.25) is 4.98 Å². The van der Waals surface area contributed by atoms with Crippen LogP contribution in [0, 0.1) is 0 Å². The molecule has 17 heavy (non-hydrogen) atoms. The first-order valence-corrected chi connectivity index (χ1v) is 5.21. The summed E-state index contributed by atoms with van der Waals surface area (Å²) in [5.41, 5.74) is 1.23. The topological polar surface area (TPSA) is 56.5 Å². The van der Waals surface area contributed by atoms with Gasteiger partial charge in [-0.25, -0.2) is 4.39 Å². The summed E-state index contributed by atoms with van der Waals surface area (Å²) in [6.45, 7) is 3.17. The van der Waals surface area contributed by atoms with Crippen LogP contribution in [0.3, 0.4) is 0 Å². The van der Waals surface area contributed by atoms with Crippen molar-refractivity contribution in [2.75, 3.05) is 0 Å². The third kappa shape index (κ3) is 2.72. The van der Waals surface area contributed by atoms with E-state index in [-0.39, 0.29) is 0 Å². The molecule has 0 fully saturated rings. The van der Waals surface area contributed by atoms with Crippen molar-refractivity contribution in [2.24, 2.45) is 0 Å². The largest absolute Gasteiger partial charge is 0.253 e. The second-order valence-electron chi connectivity index (χ2n) is 3.60. The highest BCUT2D eigenvalue weighted by Crippen LogP contribution is 2.10. The van der Waals surface area contributed by atoms with Gasteiger partial charge in [-0.05, 0) is 37.3 Å². The molecule has 88 valence electrons. The van der Waals surface area contributed by atoms with Gasteiger partial charge in [0.25, 0.3) is 0 Å². The second kappa shape index (κ2) is 4.82. The Morgan fingerprint density at radius 3 is 2.94 bits per heavy atom. The lowest BCUT2D eigenvalue weighted by atomic mass is 10.3. The standard InChI is InChI=1S/C11H12FN5/c1-8(12)7-9(2)17-15-11(14-16-17)10-5-3-4-6-13-10/h3-8H,1-2H3/b9-7+. The SMILES string of the molecule is C/C(=C\C(C)F)n1nnc(-c2ccccn2)n1. The van der Waals surface area contributed by atoms with Gasteiger partial charge in [0, 0.05) is 6.20 Å². The van der Waals surface area contributed by atoms with Gasteiger partial charge in [0.05, 0.1) is 5.70 Å². The Hall–Kier alpha value is -2.11. The molecular formula is C11H12FN5. The second-order valence-corrected chi connectivity index (χ2v) is 3.60.